The standard InChI is InChI=1S/C11H17NOS/c1-4-7(2)9(12)10(13)11-8(3)5-6-14-11/h5-7,9H,4,12H2,1-3H3. The molecule has 0 radical (unpaired) electrons. The maximum Gasteiger partial charge on any atom is 0.189 e. The lowest BCUT2D eigenvalue weighted by Crippen LogP contribution is -2.36. The van der Waals surface area contributed by atoms with E-state index >= 15 is 0 Å². The molecule has 0 spiro atoms. The van der Waals surface area contributed by atoms with E-state index in [0.717, 1.165) is 16.9 Å². The van der Waals surface area contributed by atoms with Gasteiger partial charge in [0.2, 0.25) is 0 Å². The summed E-state index contributed by atoms with van der Waals surface area (Å²) in [6, 6.07) is 1.61. The average Bonchev–Trinajstić information content (AvgIpc) is 2.61. The van der Waals surface area contributed by atoms with Crippen molar-refractivity contribution in [2.75, 3.05) is 0 Å². The van der Waals surface area contributed by atoms with Crippen LogP contribution < -0.4 is 5.73 Å². The molecular formula is C11H17NOS. The van der Waals surface area contributed by atoms with Gasteiger partial charge in [0.15, 0.2) is 5.78 Å². The maximum atomic E-state index is 11.9. The summed E-state index contributed by atoms with van der Waals surface area (Å²) in [6.07, 6.45) is 0.942. The number of rotatable bonds is 4. The van der Waals surface area contributed by atoms with Crippen LogP contribution >= 0.6 is 11.3 Å². The van der Waals surface area contributed by atoms with Gasteiger partial charge in [-0.15, -0.1) is 11.3 Å². The SMILES string of the molecule is CCC(C)C(N)C(=O)c1sccc1C. The van der Waals surface area contributed by atoms with Crippen LogP contribution in [0.2, 0.25) is 0 Å². The van der Waals surface area contributed by atoms with Crippen molar-refractivity contribution < 1.29 is 4.79 Å². The highest BCUT2D eigenvalue weighted by atomic mass is 32.1. The highest BCUT2D eigenvalue weighted by Crippen LogP contribution is 2.20. The van der Waals surface area contributed by atoms with E-state index in [4.69, 9.17) is 5.73 Å². The number of ketones is 1. The van der Waals surface area contributed by atoms with Crippen molar-refractivity contribution in [2.24, 2.45) is 11.7 Å². The van der Waals surface area contributed by atoms with Crippen molar-refractivity contribution in [1.82, 2.24) is 0 Å². The van der Waals surface area contributed by atoms with Gasteiger partial charge in [-0.3, -0.25) is 4.79 Å². The second-order valence-electron chi connectivity index (χ2n) is 3.71. The fourth-order valence-corrected chi connectivity index (χ4v) is 2.20. The molecule has 2 N–H and O–H groups in total. The van der Waals surface area contributed by atoms with Gasteiger partial charge in [0.05, 0.1) is 10.9 Å². The summed E-state index contributed by atoms with van der Waals surface area (Å²) in [4.78, 5) is 12.7. The topological polar surface area (TPSA) is 43.1 Å². The van der Waals surface area contributed by atoms with Crippen LogP contribution in [0.15, 0.2) is 11.4 Å². The van der Waals surface area contributed by atoms with Gasteiger partial charge in [-0.25, -0.2) is 0 Å². The molecule has 1 aromatic heterocycles. The minimum atomic E-state index is -0.350. The normalized spacial score (nSPS) is 15.1. The van der Waals surface area contributed by atoms with Crippen LogP contribution in [0.5, 0.6) is 0 Å². The number of hydrogen-bond donors (Lipinski definition) is 1. The third kappa shape index (κ3) is 2.22. The molecule has 0 aromatic carbocycles. The Morgan fingerprint density at radius 3 is 2.71 bits per heavy atom. The summed E-state index contributed by atoms with van der Waals surface area (Å²) in [5, 5.41) is 1.94. The molecule has 0 aliphatic heterocycles. The van der Waals surface area contributed by atoms with Crippen molar-refractivity contribution in [1.29, 1.82) is 0 Å². The predicted octanol–water partition coefficient (Wildman–Crippen LogP) is 2.61. The lowest BCUT2D eigenvalue weighted by Gasteiger charge is -2.16. The minimum Gasteiger partial charge on any atom is -0.321 e. The number of thiophene rings is 1. The van der Waals surface area contributed by atoms with Crippen molar-refractivity contribution in [2.45, 2.75) is 33.2 Å². The molecule has 1 aromatic rings. The summed E-state index contributed by atoms with van der Waals surface area (Å²) in [6.45, 7) is 6.03. The molecule has 0 aliphatic rings. The van der Waals surface area contributed by atoms with Crippen LogP contribution in [0.1, 0.15) is 35.5 Å². The molecule has 2 unspecified atom stereocenters. The summed E-state index contributed by atoms with van der Waals surface area (Å²) in [7, 11) is 0. The summed E-state index contributed by atoms with van der Waals surface area (Å²) >= 11 is 1.48. The van der Waals surface area contributed by atoms with Crippen LogP contribution in [0.25, 0.3) is 0 Å². The van der Waals surface area contributed by atoms with Crippen molar-refractivity contribution in [3.63, 3.8) is 0 Å². The Morgan fingerprint density at radius 1 is 1.64 bits per heavy atom. The number of nitrogens with two attached hydrogens (primary N) is 1. The lowest BCUT2D eigenvalue weighted by molar-refractivity contribution is 0.0938. The third-order valence-electron chi connectivity index (χ3n) is 2.65. The number of Topliss-reactive ketones (excluding diaryl/α,β-unsaturated/α-hetero) is 1. The number of carbonyl (C=O) groups excluding carboxylic acids is 1. The smallest absolute Gasteiger partial charge is 0.189 e. The monoisotopic (exact) mass is 211 g/mol. The molecule has 0 saturated carbocycles. The molecule has 0 bridgehead atoms. The second kappa shape index (κ2) is 4.71. The van der Waals surface area contributed by atoms with Gasteiger partial charge in [-0.2, -0.15) is 0 Å². The molecule has 14 heavy (non-hydrogen) atoms. The first-order valence-corrected chi connectivity index (χ1v) is 5.79. The molecule has 3 heteroatoms. The molecule has 0 aliphatic carbocycles. The van der Waals surface area contributed by atoms with Crippen LogP contribution in [0.3, 0.4) is 0 Å². The quantitative estimate of drug-likeness (QED) is 0.778. The highest BCUT2D eigenvalue weighted by molar-refractivity contribution is 7.12. The molecule has 0 amide bonds. The molecule has 1 rings (SSSR count). The zero-order valence-electron chi connectivity index (χ0n) is 8.91. The van der Waals surface area contributed by atoms with Crippen LogP contribution in [-0.4, -0.2) is 11.8 Å². The largest absolute Gasteiger partial charge is 0.321 e. The maximum absolute atomic E-state index is 11.9. The van der Waals surface area contributed by atoms with Crippen molar-refractivity contribution >= 4 is 17.1 Å². The van der Waals surface area contributed by atoms with E-state index < -0.39 is 0 Å². The van der Waals surface area contributed by atoms with E-state index in [-0.39, 0.29) is 17.7 Å². The Labute approximate surface area is 89.1 Å². The summed E-state index contributed by atoms with van der Waals surface area (Å²) in [5.74, 6) is 0.343. The Kier molecular flexibility index (Phi) is 3.84. The lowest BCUT2D eigenvalue weighted by atomic mass is 9.95. The average molecular weight is 211 g/mol. The molecule has 1 heterocycles. The van der Waals surface area contributed by atoms with Crippen molar-refractivity contribution in [3.05, 3.63) is 21.9 Å². The van der Waals surface area contributed by atoms with Crippen molar-refractivity contribution in [3.8, 4) is 0 Å². The zero-order valence-corrected chi connectivity index (χ0v) is 9.73. The number of aryl methyl sites for hydroxylation is 1. The Balaban J connectivity index is 2.81. The highest BCUT2D eigenvalue weighted by Gasteiger charge is 2.22. The van der Waals surface area contributed by atoms with E-state index in [1.807, 2.05) is 25.3 Å². The van der Waals surface area contributed by atoms with Crippen LogP contribution in [0.4, 0.5) is 0 Å². The van der Waals surface area contributed by atoms with Crippen LogP contribution in [0, 0.1) is 12.8 Å². The predicted molar refractivity (Wildman–Crippen MR) is 60.8 cm³/mol. The van der Waals surface area contributed by atoms with E-state index in [1.54, 1.807) is 0 Å². The van der Waals surface area contributed by atoms with Gasteiger partial charge >= 0.3 is 0 Å². The first kappa shape index (κ1) is 11.4. The molecule has 2 atom stereocenters. The van der Waals surface area contributed by atoms with Gasteiger partial charge in [-0.1, -0.05) is 20.3 Å². The van der Waals surface area contributed by atoms with Gasteiger partial charge < -0.3 is 5.73 Å². The summed E-state index contributed by atoms with van der Waals surface area (Å²) in [5.41, 5.74) is 6.93. The number of carbonyl (C=O) groups is 1. The molecule has 0 saturated heterocycles. The van der Waals surface area contributed by atoms with Gasteiger partial charge in [-0.05, 0) is 29.9 Å². The van der Waals surface area contributed by atoms with Crippen LogP contribution in [-0.2, 0) is 0 Å². The van der Waals surface area contributed by atoms with E-state index in [2.05, 4.69) is 6.92 Å². The van der Waals surface area contributed by atoms with Gasteiger partial charge in [0.25, 0.3) is 0 Å². The fraction of sp³-hybridized carbons (Fsp3) is 0.545. The molecule has 78 valence electrons. The van der Waals surface area contributed by atoms with Gasteiger partial charge in [0.1, 0.15) is 0 Å². The fourth-order valence-electron chi connectivity index (χ4n) is 1.29. The van der Waals surface area contributed by atoms with E-state index in [1.165, 1.54) is 11.3 Å². The first-order chi connectivity index (χ1) is 6.57. The Morgan fingerprint density at radius 2 is 2.29 bits per heavy atom. The first-order valence-electron chi connectivity index (χ1n) is 4.91. The summed E-state index contributed by atoms with van der Waals surface area (Å²) < 4.78 is 0. The molecule has 2 nitrogen and oxygen atoms in total. The number of hydrogen-bond acceptors (Lipinski definition) is 3. The van der Waals surface area contributed by atoms with Gasteiger partial charge in [0, 0.05) is 0 Å². The minimum absolute atomic E-state index is 0.0897. The second-order valence-corrected chi connectivity index (χ2v) is 4.62. The third-order valence-corrected chi connectivity index (χ3v) is 3.68. The zero-order chi connectivity index (χ0) is 10.7. The Hall–Kier alpha value is -0.670. The molecule has 0 fully saturated rings. The molecular weight excluding hydrogens is 194 g/mol. The Bertz CT molecular complexity index is 319. The van der Waals surface area contributed by atoms with E-state index in [9.17, 15) is 4.79 Å². The van der Waals surface area contributed by atoms with E-state index in [0.29, 0.717) is 0 Å².